The molecule has 0 aliphatic carbocycles. The van der Waals surface area contributed by atoms with Crippen molar-refractivity contribution in [3.8, 4) is 0 Å². The number of carbonyl (C=O) groups excluding carboxylic acids is 1. The zero-order chi connectivity index (χ0) is 18.4. The molecule has 1 amide bonds. The summed E-state index contributed by atoms with van der Waals surface area (Å²) in [5, 5.41) is 12.2. The fourth-order valence-electron chi connectivity index (χ4n) is 2.65. The molecule has 0 bridgehead atoms. The van der Waals surface area contributed by atoms with Crippen LogP contribution in [0.15, 0.2) is 65.8 Å². The summed E-state index contributed by atoms with van der Waals surface area (Å²) in [6.07, 6.45) is 0. The van der Waals surface area contributed by atoms with Gasteiger partial charge in [0.15, 0.2) is 5.16 Å². The maximum atomic E-state index is 12.3. The molecule has 26 heavy (non-hydrogen) atoms. The van der Waals surface area contributed by atoms with Gasteiger partial charge in [-0.25, -0.2) is 0 Å². The van der Waals surface area contributed by atoms with Crippen molar-refractivity contribution in [1.29, 1.82) is 0 Å². The van der Waals surface area contributed by atoms with Crippen molar-refractivity contribution in [2.24, 2.45) is 0 Å². The van der Waals surface area contributed by atoms with Crippen LogP contribution in [-0.2, 0) is 11.3 Å². The van der Waals surface area contributed by atoms with Gasteiger partial charge in [-0.05, 0) is 25.0 Å². The lowest BCUT2D eigenvalue weighted by molar-refractivity contribution is -0.119. The Kier molecular flexibility index (Phi) is 6.07. The Labute approximate surface area is 157 Å². The summed E-state index contributed by atoms with van der Waals surface area (Å²) in [6.45, 7) is 4.61. The molecule has 0 unspecified atom stereocenters. The molecule has 3 rings (SSSR count). The fourth-order valence-corrected chi connectivity index (χ4v) is 3.45. The van der Waals surface area contributed by atoms with Crippen LogP contribution in [0.4, 0.5) is 0 Å². The van der Waals surface area contributed by atoms with Crippen molar-refractivity contribution in [2.75, 3.05) is 5.75 Å². The average molecular weight is 366 g/mol. The molecule has 2 aromatic carbocycles. The average Bonchev–Trinajstić information content (AvgIpc) is 3.01. The van der Waals surface area contributed by atoms with E-state index in [0.29, 0.717) is 12.3 Å². The van der Waals surface area contributed by atoms with E-state index in [4.69, 9.17) is 0 Å². The lowest BCUT2D eigenvalue weighted by Gasteiger charge is -2.14. The first-order valence-corrected chi connectivity index (χ1v) is 9.53. The number of nitrogens with one attached hydrogen (secondary N) is 1. The third-order valence-corrected chi connectivity index (χ3v) is 5.06. The van der Waals surface area contributed by atoms with Crippen LogP contribution in [0.1, 0.15) is 29.9 Å². The molecule has 1 heterocycles. The molecular weight excluding hydrogens is 344 g/mol. The van der Waals surface area contributed by atoms with Crippen LogP contribution < -0.4 is 5.32 Å². The Hall–Kier alpha value is -2.60. The number of amides is 1. The normalized spacial score (nSPS) is 11.9. The molecule has 0 radical (unpaired) electrons. The van der Waals surface area contributed by atoms with Gasteiger partial charge in [0.25, 0.3) is 0 Å². The summed E-state index contributed by atoms with van der Waals surface area (Å²) >= 11 is 1.41. The van der Waals surface area contributed by atoms with Crippen molar-refractivity contribution in [3.05, 3.63) is 77.6 Å². The molecule has 3 aromatic rings. The molecule has 0 spiro atoms. The van der Waals surface area contributed by atoms with Crippen LogP contribution in [0.2, 0.25) is 0 Å². The van der Waals surface area contributed by atoms with Crippen molar-refractivity contribution in [3.63, 3.8) is 0 Å². The second-order valence-corrected chi connectivity index (χ2v) is 7.03. The molecule has 1 atom stereocenters. The highest BCUT2D eigenvalue weighted by molar-refractivity contribution is 7.99. The van der Waals surface area contributed by atoms with Gasteiger partial charge >= 0.3 is 0 Å². The van der Waals surface area contributed by atoms with Crippen molar-refractivity contribution in [1.82, 2.24) is 20.1 Å². The number of thioether (sulfide) groups is 1. The van der Waals surface area contributed by atoms with Gasteiger partial charge in [-0.3, -0.25) is 4.79 Å². The molecule has 0 saturated carbocycles. The van der Waals surface area contributed by atoms with E-state index in [-0.39, 0.29) is 11.9 Å². The predicted molar refractivity (Wildman–Crippen MR) is 104 cm³/mol. The van der Waals surface area contributed by atoms with E-state index < -0.39 is 0 Å². The highest BCUT2D eigenvalue weighted by atomic mass is 32.2. The highest BCUT2D eigenvalue weighted by Crippen LogP contribution is 2.19. The van der Waals surface area contributed by atoms with Crippen molar-refractivity contribution < 1.29 is 4.79 Å². The van der Waals surface area contributed by atoms with Crippen molar-refractivity contribution >= 4 is 17.7 Å². The first kappa shape index (κ1) is 18.2. The minimum absolute atomic E-state index is 0.0155. The Balaban J connectivity index is 1.59. The molecule has 0 aliphatic rings. The summed E-state index contributed by atoms with van der Waals surface area (Å²) in [5.74, 6) is 1.14. The minimum atomic E-state index is -0.0202. The third kappa shape index (κ3) is 4.73. The molecule has 5 nitrogen and oxygen atoms in total. The summed E-state index contributed by atoms with van der Waals surface area (Å²) in [4.78, 5) is 12.3. The van der Waals surface area contributed by atoms with Crippen LogP contribution in [0.25, 0.3) is 0 Å². The fraction of sp³-hybridized carbons (Fsp3) is 0.250. The van der Waals surface area contributed by atoms with Crippen LogP contribution >= 0.6 is 11.8 Å². The van der Waals surface area contributed by atoms with Crippen LogP contribution in [0.3, 0.4) is 0 Å². The van der Waals surface area contributed by atoms with Crippen LogP contribution in [-0.4, -0.2) is 26.4 Å². The predicted octanol–water partition coefficient (Wildman–Crippen LogP) is 3.60. The van der Waals surface area contributed by atoms with E-state index in [1.54, 1.807) is 0 Å². The molecule has 6 heteroatoms. The Morgan fingerprint density at radius 2 is 1.73 bits per heavy atom. The number of aryl methyl sites for hydroxylation is 1. The zero-order valence-corrected chi connectivity index (χ0v) is 15.7. The molecule has 134 valence electrons. The molecular formula is C20H22N4OS. The van der Waals surface area contributed by atoms with E-state index in [1.807, 2.05) is 66.9 Å². The smallest absolute Gasteiger partial charge is 0.230 e. The van der Waals surface area contributed by atoms with E-state index in [9.17, 15) is 4.79 Å². The number of benzene rings is 2. The number of rotatable bonds is 7. The topological polar surface area (TPSA) is 59.8 Å². The molecule has 0 saturated heterocycles. The minimum Gasteiger partial charge on any atom is -0.349 e. The Morgan fingerprint density at radius 3 is 2.42 bits per heavy atom. The van der Waals surface area contributed by atoms with Crippen molar-refractivity contribution in [2.45, 2.75) is 31.6 Å². The first-order valence-electron chi connectivity index (χ1n) is 8.54. The van der Waals surface area contributed by atoms with Gasteiger partial charge in [-0.15, -0.1) is 10.2 Å². The number of hydrogen-bond donors (Lipinski definition) is 1. The largest absolute Gasteiger partial charge is 0.349 e. The SMILES string of the molecule is Cc1nnc(SCC(=O)N[C@@H](C)c2ccccc2)n1Cc1ccccc1. The number of carbonyl (C=O) groups is 1. The van der Waals surface area contributed by atoms with Gasteiger partial charge in [0.1, 0.15) is 5.82 Å². The van der Waals surface area contributed by atoms with Crippen LogP contribution in [0.5, 0.6) is 0 Å². The Bertz CT molecular complexity index is 849. The van der Waals surface area contributed by atoms with E-state index in [2.05, 4.69) is 27.6 Å². The van der Waals surface area contributed by atoms with Gasteiger partial charge in [0.05, 0.1) is 18.3 Å². The highest BCUT2D eigenvalue weighted by Gasteiger charge is 2.14. The monoisotopic (exact) mass is 366 g/mol. The van der Waals surface area contributed by atoms with Crippen LogP contribution in [0, 0.1) is 6.92 Å². The van der Waals surface area contributed by atoms with E-state index in [1.165, 1.54) is 17.3 Å². The molecule has 1 aromatic heterocycles. The first-order chi connectivity index (χ1) is 12.6. The second kappa shape index (κ2) is 8.67. The van der Waals surface area contributed by atoms with Gasteiger partial charge < -0.3 is 9.88 Å². The summed E-state index contributed by atoms with van der Waals surface area (Å²) in [6, 6.07) is 20.1. The maximum Gasteiger partial charge on any atom is 0.230 e. The summed E-state index contributed by atoms with van der Waals surface area (Å²) in [7, 11) is 0. The summed E-state index contributed by atoms with van der Waals surface area (Å²) < 4.78 is 2.04. The number of hydrogen-bond acceptors (Lipinski definition) is 4. The lowest BCUT2D eigenvalue weighted by Crippen LogP contribution is -2.28. The van der Waals surface area contributed by atoms with E-state index in [0.717, 1.165) is 16.5 Å². The van der Waals surface area contributed by atoms with Gasteiger partial charge in [0, 0.05) is 0 Å². The number of aromatic nitrogens is 3. The third-order valence-electron chi connectivity index (χ3n) is 4.09. The number of nitrogens with zero attached hydrogens (tertiary/aromatic N) is 3. The second-order valence-electron chi connectivity index (χ2n) is 6.09. The standard InChI is InChI=1S/C20H22N4OS/c1-15(18-11-7-4-8-12-18)21-19(25)14-26-20-23-22-16(2)24(20)13-17-9-5-3-6-10-17/h3-12,15H,13-14H2,1-2H3,(H,21,25)/t15-/m0/s1. The zero-order valence-electron chi connectivity index (χ0n) is 14.9. The molecule has 1 N–H and O–H groups in total. The van der Waals surface area contributed by atoms with E-state index >= 15 is 0 Å². The van der Waals surface area contributed by atoms with Gasteiger partial charge in [-0.2, -0.15) is 0 Å². The van der Waals surface area contributed by atoms with Gasteiger partial charge in [-0.1, -0.05) is 72.4 Å². The maximum absolute atomic E-state index is 12.3. The molecule has 0 fully saturated rings. The quantitative estimate of drug-likeness (QED) is 0.649. The molecule has 0 aliphatic heterocycles. The Morgan fingerprint density at radius 1 is 1.08 bits per heavy atom. The van der Waals surface area contributed by atoms with Gasteiger partial charge in [0.2, 0.25) is 5.91 Å². The lowest BCUT2D eigenvalue weighted by atomic mass is 10.1. The summed E-state index contributed by atoms with van der Waals surface area (Å²) in [5.41, 5.74) is 2.27.